The van der Waals surface area contributed by atoms with Crippen LogP contribution >= 0.6 is 15.9 Å². The van der Waals surface area contributed by atoms with Gasteiger partial charge in [-0.1, -0.05) is 52.3 Å². The molecule has 0 saturated heterocycles. The van der Waals surface area contributed by atoms with Crippen LogP contribution in [0.2, 0.25) is 0 Å². The third-order valence-corrected chi connectivity index (χ3v) is 4.65. The maximum absolute atomic E-state index is 12.5. The molecule has 0 aliphatic heterocycles. The Hall–Kier alpha value is -2.92. The molecule has 1 heterocycles. The zero-order chi connectivity index (χ0) is 17.9. The van der Waals surface area contributed by atoms with E-state index in [0.29, 0.717) is 6.42 Å². The number of para-hydroxylation sites is 3. The molecule has 3 aromatic carbocycles. The number of hydrogen-bond donors (Lipinski definition) is 2. The summed E-state index contributed by atoms with van der Waals surface area (Å²) < 4.78 is 0.997. The Balaban J connectivity index is 1.59. The molecule has 4 nitrogen and oxygen atoms in total. The molecule has 0 atom stereocenters. The predicted molar refractivity (Wildman–Crippen MR) is 108 cm³/mol. The number of amides is 1. The highest BCUT2D eigenvalue weighted by molar-refractivity contribution is 9.10. The SMILES string of the molecule is O=C(Cc1ccc(Br)cc1)Nc1ccccc1-c1nc2ccccc2[nH]1. The lowest BCUT2D eigenvalue weighted by molar-refractivity contribution is -0.115. The van der Waals surface area contributed by atoms with E-state index in [-0.39, 0.29) is 5.91 Å². The van der Waals surface area contributed by atoms with E-state index >= 15 is 0 Å². The molecule has 26 heavy (non-hydrogen) atoms. The van der Waals surface area contributed by atoms with Crippen LogP contribution in [0.4, 0.5) is 5.69 Å². The van der Waals surface area contributed by atoms with Gasteiger partial charge in [0, 0.05) is 10.0 Å². The topological polar surface area (TPSA) is 57.8 Å². The van der Waals surface area contributed by atoms with Gasteiger partial charge in [-0.25, -0.2) is 4.98 Å². The molecule has 0 spiro atoms. The fourth-order valence-electron chi connectivity index (χ4n) is 2.86. The molecule has 128 valence electrons. The van der Waals surface area contributed by atoms with Crippen LogP contribution < -0.4 is 5.32 Å². The second-order valence-corrected chi connectivity index (χ2v) is 6.92. The first-order valence-electron chi connectivity index (χ1n) is 8.27. The smallest absolute Gasteiger partial charge is 0.228 e. The van der Waals surface area contributed by atoms with Gasteiger partial charge in [0.2, 0.25) is 5.91 Å². The van der Waals surface area contributed by atoms with Gasteiger partial charge in [-0.2, -0.15) is 0 Å². The number of benzene rings is 3. The van der Waals surface area contributed by atoms with Gasteiger partial charge in [0.05, 0.1) is 23.1 Å². The molecular formula is C21H16BrN3O. The molecule has 0 unspecified atom stereocenters. The molecule has 0 aliphatic carbocycles. The zero-order valence-electron chi connectivity index (χ0n) is 13.9. The van der Waals surface area contributed by atoms with E-state index in [9.17, 15) is 4.79 Å². The van der Waals surface area contributed by atoms with Crippen molar-refractivity contribution in [1.29, 1.82) is 0 Å². The van der Waals surface area contributed by atoms with Crippen LogP contribution in [0.25, 0.3) is 22.4 Å². The van der Waals surface area contributed by atoms with E-state index in [1.54, 1.807) is 0 Å². The number of imidazole rings is 1. The van der Waals surface area contributed by atoms with Crippen LogP contribution in [0.3, 0.4) is 0 Å². The number of anilines is 1. The van der Waals surface area contributed by atoms with Crippen molar-refractivity contribution in [1.82, 2.24) is 9.97 Å². The number of nitrogens with zero attached hydrogens (tertiary/aromatic N) is 1. The number of carbonyl (C=O) groups is 1. The summed E-state index contributed by atoms with van der Waals surface area (Å²) in [6, 6.07) is 23.3. The molecule has 2 N–H and O–H groups in total. The van der Waals surface area contributed by atoms with Gasteiger partial charge in [0.15, 0.2) is 0 Å². The highest BCUT2D eigenvalue weighted by Gasteiger charge is 2.12. The molecule has 5 heteroatoms. The van der Waals surface area contributed by atoms with Crippen LogP contribution in [-0.4, -0.2) is 15.9 Å². The van der Waals surface area contributed by atoms with Crippen LogP contribution in [-0.2, 0) is 11.2 Å². The third-order valence-electron chi connectivity index (χ3n) is 4.12. The van der Waals surface area contributed by atoms with Crippen molar-refractivity contribution < 1.29 is 4.79 Å². The molecule has 1 amide bonds. The molecule has 0 saturated carbocycles. The van der Waals surface area contributed by atoms with Gasteiger partial charge >= 0.3 is 0 Å². The standard InChI is InChI=1S/C21H16BrN3O/c22-15-11-9-14(10-12-15)13-20(26)23-17-6-2-1-5-16(17)21-24-18-7-3-4-8-19(18)25-21/h1-12H,13H2,(H,23,26)(H,24,25). The zero-order valence-corrected chi connectivity index (χ0v) is 15.5. The normalized spacial score (nSPS) is 10.8. The summed E-state index contributed by atoms with van der Waals surface area (Å²) in [7, 11) is 0. The molecule has 0 radical (unpaired) electrons. The van der Waals surface area contributed by atoms with Crippen LogP contribution in [0.15, 0.2) is 77.3 Å². The number of carbonyl (C=O) groups excluding carboxylic acids is 1. The molecule has 0 bridgehead atoms. The van der Waals surface area contributed by atoms with Crippen molar-refractivity contribution in [3.63, 3.8) is 0 Å². The van der Waals surface area contributed by atoms with E-state index in [1.807, 2.05) is 72.8 Å². The van der Waals surface area contributed by atoms with Crippen molar-refractivity contribution in [2.24, 2.45) is 0 Å². The maximum atomic E-state index is 12.5. The summed E-state index contributed by atoms with van der Waals surface area (Å²) in [6.45, 7) is 0. The third kappa shape index (κ3) is 3.53. The first-order valence-corrected chi connectivity index (χ1v) is 9.07. The highest BCUT2D eigenvalue weighted by atomic mass is 79.9. The number of aromatic amines is 1. The first-order chi connectivity index (χ1) is 12.7. The van der Waals surface area contributed by atoms with Gasteiger partial charge in [-0.3, -0.25) is 4.79 Å². The minimum atomic E-state index is -0.0594. The Kier molecular flexibility index (Phi) is 4.54. The second kappa shape index (κ2) is 7.14. The van der Waals surface area contributed by atoms with Crippen molar-refractivity contribution in [3.8, 4) is 11.4 Å². The Morgan fingerprint density at radius 3 is 2.50 bits per heavy atom. The van der Waals surface area contributed by atoms with Gasteiger partial charge in [0.25, 0.3) is 0 Å². The van der Waals surface area contributed by atoms with Gasteiger partial charge in [-0.15, -0.1) is 0 Å². The lowest BCUT2D eigenvalue weighted by Crippen LogP contribution is -2.15. The minimum Gasteiger partial charge on any atom is -0.338 e. The van der Waals surface area contributed by atoms with E-state index in [1.165, 1.54) is 0 Å². The monoisotopic (exact) mass is 405 g/mol. The van der Waals surface area contributed by atoms with Gasteiger partial charge in [-0.05, 0) is 42.0 Å². The summed E-state index contributed by atoms with van der Waals surface area (Å²) in [6.07, 6.45) is 0.321. The highest BCUT2D eigenvalue weighted by Crippen LogP contribution is 2.27. The summed E-state index contributed by atoms with van der Waals surface area (Å²) in [5, 5.41) is 3.01. The van der Waals surface area contributed by atoms with Crippen molar-refractivity contribution in [2.75, 3.05) is 5.32 Å². The van der Waals surface area contributed by atoms with Crippen LogP contribution in [0.5, 0.6) is 0 Å². The quantitative estimate of drug-likeness (QED) is 0.491. The second-order valence-electron chi connectivity index (χ2n) is 6.00. The summed E-state index contributed by atoms with van der Waals surface area (Å²) in [5.74, 6) is 0.682. The molecule has 1 aromatic heterocycles. The Labute approximate surface area is 159 Å². The lowest BCUT2D eigenvalue weighted by atomic mass is 10.1. The Morgan fingerprint density at radius 2 is 1.69 bits per heavy atom. The van der Waals surface area contributed by atoms with Gasteiger partial charge in [0.1, 0.15) is 5.82 Å². The minimum absolute atomic E-state index is 0.0594. The number of fused-ring (bicyclic) bond motifs is 1. The molecular weight excluding hydrogens is 390 g/mol. The number of H-pyrrole nitrogens is 1. The number of hydrogen-bond acceptors (Lipinski definition) is 2. The summed E-state index contributed by atoms with van der Waals surface area (Å²) >= 11 is 3.40. The van der Waals surface area contributed by atoms with Gasteiger partial charge < -0.3 is 10.3 Å². The van der Waals surface area contributed by atoms with E-state index in [2.05, 4.69) is 31.2 Å². The van der Waals surface area contributed by atoms with E-state index in [4.69, 9.17) is 0 Å². The van der Waals surface area contributed by atoms with Crippen LogP contribution in [0, 0.1) is 0 Å². The fraction of sp³-hybridized carbons (Fsp3) is 0.0476. The lowest BCUT2D eigenvalue weighted by Gasteiger charge is -2.09. The number of nitrogens with one attached hydrogen (secondary N) is 2. The molecule has 0 aliphatic rings. The van der Waals surface area contributed by atoms with Crippen molar-refractivity contribution in [3.05, 3.63) is 82.8 Å². The molecule has 0 fully saturated rings. The Bertz CT molecular complexity index is 1040. The summed E-state index contributed by atoms with van der Waals surface area (Å²) in [5.41, 5.74) is 4.45. The predicted octanol–water partition coefficient (Wildman–Crippen LogP) is 5.17. The van der Waals surface area contributed by atoms with Crippen molar-refractivity contribution >= 4 is 38.6 Å². The average Bonchev–Trinajstić information content (AvgIpc) is 3.08. The van der Waals surface area contributed by atoms with Crippen LogP contribution in [0.1, 0.15) is 5.56 Å². The average molecular weight is 406 g/mol. The van der Waals surface area contributed by atoms with Crippen molar-refractivity contribution in [2.45, 2.75) is 6.42 Å². The molecule has 4 aromatic rings. The van der Waals surface area contributed by atoms with E-state index in [0.717, 1.165) is 38.1 Å². The number of halogens is 1. The largest absolute Gasteiger partial charge is 0.338 e. The Morgan fingerprint density at radius 1 is 0.962 bits per heavy atom. The number of rotatable bonds is 4. The van der Waals surface area contributed by atoms with E-state index < -0.39 is 0 Å². The first kappa shape index (κ1) is 16.5. The molecule has 4 rings (SSSR count). The maximum Gasteiger partial charge on any atom is 0.228 e. The number of aromatic nitrogens is 2. The fourth-order valence-corrected chi connectivity index (χ4v) is 3.13. The summed E-state index contributed by atoms with van der Waals surface area (Å²) in [4.78, 5) is 20.4.